The van der Waals surface area contributed by atoms with Gasteiger partial charge in [-0.15, -0.1) is 0 Å². The predicted octanol–water partition coefficient (Wildman–Crippen LogP) is 6.40. The second-order valence-corrected chi connectivity index (χ2v) is 12.3. The molecule has 49 heavy (non-hydrogen) atoms. The molecule has 0 aromatic carbocycles. The highest BCUT2D eigenvalue weighted by Crippen LogP contribution is 2.44. The predicted molar refractivity (Wildman–Crippen MR) is 189 cm³/mol. The Morgan fingerprint density at radius 3 is 2.22 bits per heavy atom. The summed E-state index contributed by atoms with van der Waals surface area (Å²) in [5.74, 6) is -2.39. The maximum atomic E-state index is 13.5. The average Bonchev–Trinajstić information content (AvgIpc) is 3.79. The first-order valence-electron chi connectivity index (χ1n) is 16.2. The van der Waals surface area contributed by atoms with Gasteiger partial charge in [-0.05, 0) is 68.0 Å². The zero-order chi connectivity index (χ0) is 35.7. The van der Waals surface area contributed by atoms with Crippen LogP contribution in [0.5, 0.6) is 0 Å². The number of aliphatic imine (C=N–C) groups is 3. The quantitative estimate of drug-likeness (QED) is 0.185. The largest absolute Gasteiger partial charge is 0.515 e. The number of aliphatic hydroxyl groups excluding tert-OH is 1. The van der Waals surface area contributed by atoms with E-state index in [1.54, 1.807) is 13.0 Å². The van der Waals surface area contributed by atoms with Crippen LogP contribution in [0.1, 0.15) is 69.5 Å². The minimum atomic E-state index is -0.619. The fourth-order valence-electron chi connectivity index (χ4n) is 7.03. The van der Waals surface area contributed by atoms with E-state index in [4.69, 9.17) is 29.2 Å². The maximum Gasteiger partial charge on any atom is 0.340 e. The lowest BCUT2D eigenvalue weighted by Crippen LogP contribution is -2.24. The molecule has 4 aliphatic heterocycles. The lowest BCUT2D eigenvalue weighted by atomic mass is 9.81. The van der Waals surface area contributed by atoms with Crippen LogP contribution in [0.3, 0.4) is 0 Å². The Hall–Kier alpha value is -5.32. The number of nitrogens with zero attached hydrogens (tertiary/aromatic N) is 3. The number of aromatic amines is 1. The molecule has 5 heterocycles. The molecule has 1 aromatic rings. The van der Waals surface area contributed by atoms with Gasteiger partial charge in [0.15, 0.2) is 0 Å². The van der Waals surface area contributed by atoms with Crippen LogP contribution in [0.25, 0.3) is 12.2 Å². The fourth-order valence-corrected chi connectivity index (χ4v) is 7.03. The number of allylic oxidation sites excluding steroid dienone is 5. The van der Waals surface area contributed by atoms with Crippen molar-refractivity contribution in [1.29, 1.82) is 0 Å². The lowest BCUT2D eigenvalue weighted by molar-refractivity contribution is -0.141. The van der Waals surface area contributed by atoms with Gasteiger partial charge in [-0.2, -0.15) is 0 Å². The molecule has 0 spiro atoms. The Labute approximate surface area is 286 Å². The van der Waals surface area contributed by atoms with Crippen molar-refractivity contribution >= 4 is 47.2 Å². The first-order valence-corrected chi connectivity index (χ1v) is 16.2. The summed E-state index contributed by atoms with van der Waals surface area (Å²) in [4.78, 5) is 57.6. The van der Waals surface area contributed by atoms with Crippen molar-refractivity contribution < 1.29 is 33.7 Å². The summed E-state index contributed by atoms with van der Waals surface area (Å²) < 4.78 is 15.3. The van der Waals surface area contributed by atoms with Gasteiger partial charge >= 0.3 is 17.9 Å². The molecule has 11 nitrogen and oxygen atoms in total. The first-order chi connectivity index (χ1) is 23.4. The van der Waals surface area contributed by atoms with Crippen LogP contribution in [-0.2, 0) is 35.0 Å². The third kappa shape index (κ3) is 6.09. The van der Waals surface area contributed by atoms with Crippen LogP contribution in [-0.4, -0.2) is 66.5 Å². The van der Waals surface area contributed by atoms with Crippen molar-refractivity contribution in [2.75, 3.05) is 21.3 Å². The molecule has 0 saturated heterocycles. The molecule has 2 atom stereocenters. The van der Waals surface area contributed by atoms with Crippen molar-refractivity contribution in [3.8, 4) is 0 Å². The number of rotatable bonds is 8. The number of aliphatic hydroxyl groups is 1. The van der Waals surface area contributed by atoms with Gasteiger partial charge in [0.25, 0.3) is 0 Å². The molecule has 256 valence electrons. The molecule has 0 unspecified atom stereocenters. The van der Waals surface area contributed by atoms with E-state index in [2.05, 4.69) is 18.5 Å². The smallest absolute Gasteiger partial charge is 0.340 e. The number of esters is 3. The second-order valence-electron chi connectivity index (χ2n) is 12.3. The minimum absolute atomic E-state index is 0.0687. The second kappa shape index (κ2) is 14.0. The van der Waals surface area contributed by atoms with E-state index in [9.17, 15) is 19.5 Å². The number of aromatic nitrogens is 1. The molecule has 5 rings (SSSR count). The van der Waals surface area contributed by atoms with E-state index in [0.29, 0.717) is 51.7 Å². The highest BCUT2D eigenvalue weighted by molar-refractivity contribution is 6.34. The first kappa shape index (κ1) is 35.0. The summed E-state index contributed by atoms with van der Waals surface area (Å²) in [5, 5.41) is 10.8. The Morgan fingerprint density at radius 1 is 0.939 bits per heavy atom. The van der Waals surface area contributed by atoms with E-state index < -0.39 is 23.8 Å². The number of H-pyrrole nitrogens is 1. The molecule has 0 amide bonds. The number of carbonyl (C=O) groups excluding carboxylic acids is 3. The maximum absolute atomic E-state index is 13.5. The van der Waals surface area contributed by atoms with Crippen molar-refractivity contribution in [2.24, 2.45) is 26.8 Å². The Kier molecular flexibility index (Phi) is 10.0. The number of carbonyl (C=O) groups is 3. The lowest BCUT2D eigenvalue weighted by Gasteiger charge is -2.21. The van der Waals surface area contributed by atoms with Crippen LogP contribution in [0.15, 0.2) is 84.4 Å². The molecule has 0 saturated carbocycles. The SMILES string of the molecule is C=CC1=C(C)C2=NC1=Cc1[nH]c(c(CC)c1C)C=C1N=C(C(CC(=O)OC)=C3N=C(/C2=C\O)[C@@H](C)[C@@H]3CCC(=O)OC)C(C(=O)OC)=C1C. The van der Waals surface area contributed by atoms with Crippen LogP contribution in [0, 0.1) is 18.8 Å². The normalized spacial score (nSPS) is 21.0. The number of fused-ring (bicyclic) bond motifs is 5. The Bertz CT molecular complexity index is 1950. The highest BCUT2D eigenvalue weighted by atomic mass is 16.5. The van der Waals surface area contributed by atoms with E-state index in [1.165, 1.54) is 21.3 Å². The van der Waals surface area contributed by atoms with Gasteiger partial charge in [-0.1, -0.05) is 26.5 Å². The molecule has 8 bridgehead atoms. The van der Waals surface area contributed by atoms with Gasteiger partial charge in [0.2, 0.25) is 0 Å². The van der Waals surface area contributed by atoms with Gasteiger partial charge in [0.1, 0.15) is 0 Å². The summed E-state index contributed by atoms with van der Waals surface area (Å²) in [6.07, 6.45) is 7.44. The van der Waals surface area contributed by atoms with Gasteiger partial charge in [0, 0.05) is 40.8 Å². The molecule has 0 aliphatic carbocycles. The highest BCUT2D eigenvalue weighted by Gasteiger charge is 2.41. The Balaban J connectivity index is 1.93. The van der Waals surface area contributed by atoms with Gasteiger partial charge < -0.3 is 24.3 Å². The van der Waals surface area contributed by atoms with Crippen molar-refractivity contribution in [2.45, 2.75) is 60.3 Å². The summed E-state index contributed by atoms with van der Waals surface area (Å²) in [5.41, 5.74) is 9.79. The minimum Gasteiger partial charge on any atom is -0.515 e. The molecule has 4 aliphatic rings. The summed E-state index contributed by atoms with van der Waals surface area (Å²) >= 11 is 0. The van der Waals surface area contributed by atoms with Gasteiger partial charge in [0.05, 0.1) is 79.4 Å². The van der Waals surface area contributed by atoms with E-state index in [0.717, 1.165) is 46.3 Å². The van der Waals surface area contributed by atoms with Crippen molar-refractivity contribution in [1.82, 2.24) is 4.98 Å². The molecule has 1 aromatic heterocycles. The zero-order valence-electron chi connectivity index (χ0n) is 29.2. The van der Waals surface area contributed by atoms with Crippen LogP contribution in [0.2, 0.25) is 0 Å². The monoisotopic (exact) mass is 666 g/mol. The van der Waals surface area contributed by atoms with Crippen LogP contribution < -0.4 is 0 Å². The van der Waals surface area contributed by atoms with E-state index in [1.807, 2.05) is 32.9 Å². The summed E-state index contributed by atoms with van der Waals surface area (Å²) in [7, 11) is 3.91. The third-order valence-electron chi connectivity index (χ3n) is 9.77. The number of methoxy groups -OCH3 is 3. The average molecular weight is 667 g/mol. The number of ether oxygens (including phenoxy) is 3. The van der Waals surface area contributed by atoms with Gasteiger partial charge in [-0.3, -0.25) is 14.6 Å². The van der Waals surface area contributed by atoms with Crippen molar-refractivity contribution in [3.63, 3.8) is 0 Å². The number of nitrogens with one attached hydrogen (secondary N) is 1. The van der Waals surface area contributed by atoms with Crippen LogP contribution >= 0.6 is 0 Å². The zero-order valence-corrected chi connectivity index (χ0v) is 29.2. The van der Waals surface area contributed by atoms with Crippen molar-refractivity contribution in [3.05, 3.63) is 92.0 Å². The van der Waals surface area contributed by atoms with Gasteiger partial charge in [-0.25, -0.2) is 14.8 Å². The molecule has 2 N–H and O–H groups in total. The van der Waals surface area contributed by atoms with E-state index >= 15 is 0 Å². The number of hydrogen-bond acceptors (Lipinski definition) is 10. The molecule has 0 radical (unpaired) electrons. The molecule has 0 fully saturated rings. The summed E-state index contributed by atoms with van der Waals surface area (Å²) in [6, 6.07) is 0. The number of hydrogen-bond donors (Lipinski definition) is 2. The van der Waals surface area contributed by atoms with E-state index in [-0.39, 0.29) is 30.0 Å². The molecular formula is C38H42N4O7. The van der Waals surface area contributed by atoms with Crippen LogP contribution in [0.4, 0.5) is 0 Å². The fraction of sp³-hybridized carbons (Fsp3) is 0.368. The topological polar surface area (TPSA) is 152 Å². The third-order valence-corrected chi connectivity index (χ3v) is 9.77. The molecular weight excluding hydrogens is 624 g/mol. The summed E-state index contributed by atoms with van der Waals surface area (Å²) in [6.45, 7) is 13.8. The standard InChI is InChI=1S/C38H42N4O7/c1-10-22-18(3)27-15-30-23(11-2)19(4)34(41-30)26(17-43)35-20(5)24(12-13-31(44)47-7)36(42-35)25(14-32(45)48-8)37-33(38(46)49-9)21(6)28(40-37)16-29(22)39-27/h11,15-17,20,24,39,43H,2,10,12-14H2,1,3-9H3/b26-17-,28-16?,30-15?,36-25?/t20-,24-/m0/s1. The molecule has 11 heteroatoms. The Morgan fingerprint density at radius 2 is 1.61 bits per heavy atom.